The minimum atomic E-state index is -0.386. The number of hydrogen-bond acceptors (Lipinski definition) is 2. The van der Waals surface area contributed by atoms with Gasteiger partial charge in [0.25, 0.3) is 6.29 Å². The first-order valence-electron chi connectivity index (χ1n) is 4.92. The van der Waals surface area contributed by atoms with Crippen LogP contribution in [0.1, 0.15) is 11.9 Å². The largest absolute Gasteiger partial charge is 0.447 e. The fourth-order valence-corrected chi connectivity index (χ4v) is 1.73. The first-order valence-corrected chi connectivity index (χ1v) is 5.29. The van der Waals surface area contributed by atoms with Crippen molar-refractivity contribution in [3.8, 4) is 11.5 Å². The summed E-state index contributed by atoms with van der Waals surface area (Å²) in [5, 5.41) is 0.701. The topological polar surface area (TPSA) is 18.5 Å². The third-order valence-electron chi connectivity index (χ3n) is 2.40. The fourth-order valence-electron chi connectivity index (χ4n) is 1.60. The van der Waals surface area contributed by atoms with Crippen molar-refractivity contribution in [1.82, 2.24) is 0 Å². The Balaban J connectivity index is 1.88. The van der Waals surface area contributed by atoms with Crippen LogP contribution in [0.2, 0.25) is 5.02 Å². The van der Waals surface area contributed by atoms with E-state index >= 15 is 0 Å². The standard InChI is InChI=1S/C13H8ClO2/c14-10-7-5-9(6-8-10)13-15-11-3-1-2-4-12(11)16-13/h1,3-8,13H. The quantitative estimate of drug-likeness (QED) is 0.747. The Bertz CT molecular complexity index is 483. The van der Waals surface area contributed by atoms with Crippen LogP contribution in [0.3, 0.4) is 0 Å². The maximum absolute atomic E-state index is 5.82. The smallest absolute Gasteiger partial charge is 0.267 e. The van der Waals surface area contributed by atoms with E-state index in [4.69, 9.17) is 21.1 Å². The van der Waals surface area contributed by atoms with E-state index in [-0.39, 0.29) is 6.29 Å². The predicted octanol–water partition coefficient (Wildman–Crippen LogP) is 3.61. The van der Waals surface area contributed by atoms with Gasteiger partial charge in [-0.05, 0) is 30.3 Å². The van der Waals surface area contributed by atoms with Crippen molar-refractivity contribution < 1.29 is 9.47 Å². The van der Waals surface area contributed by atoms with Gasteiger partial charge in [-0.1, -0.05) is 29.8 Å². The summed E-state index contributed by atoms with van der Waals surface area (Å²) in [4.78, 5) is 0. The second-order valence-corrected chi connectivity index (χ2v) is 3.93. The maximum Gasteiger partial charge on any atom is 0.267 e. The highest BCUT2D eigenvalue weighted by Crippen LogP contribution is 2.39. The Morgan fingerprint density at radius 2 is 1.75 bits per heavy atom. The monoisotopic (exact) mass is 231 g/mol. The van der Waals surface area contributed by atoms with Gasteiger partial charge in [0.15, 0.2) is 11.5 Å². The third-order valence-corrected chi connectivity index (χ3v) is 2.65. The van der Waals surface area contributed by atoms with E-state index in [2.05, 4.69) is 6.07 Å². The normalized spacial score (nSPS) is 14.1. The van der Waals surface area contributed by atoms with E-state index in [1.807, 2.05) is 30.3 Å². The Kier molecular flexibility index (Phi) is 2.22. The molecule has 2 nitrogen and oxygen atoms in total. The molecule has 1 heterocycles. The van der Waals surface area contributed by atoms with Gasteiger partial charge in [0.2, 0.25) is 0 Å². The zero-order chi connectivity index (χ0) is 11.0. The first-order chi connectivity index (χ1) is 7.83. The van der Waals surface area contributed by atoms with E-state index in [0.29, 0.717) is 5.02 Å². The second kappa shape index (κ2) is 3.72. The molecule has 3 rings (SSSR count). The summed E-state index contributed by atoms with van der Waals surface area (Å²) in [6, 6.07) is 15.8. The molecule has 0 aromatic heterocycles. The molecular weight excluding hydrogens is 224 g/mol. The number of benzene rings is 2. The Hall–Kier alpha value is -1.67. The lowest BCUT2D eigenvalue weighted by Gasteiger charge is -2.09. The zero-order valence-corrected chi connectivity index (χ0v) is 9.07. The Morgan fingerprint density at radius 3 is 2.50 bits per heavy atom. The van der Waals surface area contributed by atoms with Crippen molar-refractivity contribution in [2.75, 3.05) is 0 Å². The molecule has 0 bridgehead atoms. The summed E-state index contributed by atoms with van der Waals surface area (Å²) >= 11 is 5.82. The molecule has 0 N–H and O–H groups in total. The first kappa shape index (κ1) is 9.55. The van der Waals surface area contributed by atoms with Gasteiger partial charge in [-0.15, -0.1) is 0 Å². The molecule has 16 heavy (non-hydrogen) atoms. The predicted molar refractivity (Wildman–Crippen MR) is 60.7 cm³/mol. The number of hydrogen-bond donors (Lipinski definition) is 0. The van der Waals surface area contributed by atoms with Crippen molar-refractivity contribution in [3.63, 3.8) is 0 Å². The van der Waals surface area contributed by atoms with Gasteiger partial charge >= 0.3 is 0 Å². The van der Waals surface area contributed by atoms with Crippen LogP contribution in [0.25, 0.3) is 0 Å². The average molecular weight is 232 g/mol. The summed E-state index contributed by atoms with van der Waals surface area (Å²) in [6.45, 7) is 0. The summed E-state index contributed by atoms with van der Waals surface area (Å²) in [5.74, 6) is 1.47. The molecule has 1 atom stereocenters. The lowest BCUT2D eigenvalue weighted by molar-refractivity contribution is 0.0487. The molecular formula is C13H8ClO2. The number of ether oxygens (including phenoxy) is 2. The van der Waals surface area contributed by atoms with Crippen LogP contribution >= 0.6 is 11.6 Å². The SMILES string of the molecule is Clc1ccc(C2Oc3c[c]ccc3O2)cc1. The van der Waals surface area contributed by atoms with Crippen LogP contribution in [0.5, 0.6) is 11.5 Å². The second-order valence-electron chi connectivity index (χ2n) is 3.49. The van der Waals surface area contributed by atoms with E-state index in [9.17, 15) is 0 Å². The minimum Gasteiger partial charge on any atom is -0.447 e. The summed E-state index contributed by atoms with van der Waals surface area (Å²) < 4.78 is 11.3. The zero-order valence-electron chi connectivity index (χ0n) is 8.31. The molecule has 1 unspecified atom stereocenters. The van der Waals surface area contributed by atoms with Crippen molar-refractivity contribution in [3.05, 3.63) is 59.1 Å². The van der Waals surface area contributed by atoms with Crippen molar-refractivity contribution >= 4 is 11.6 Å². The molecule has 0 amide bonds. The van der Waals surface area contributed by atoms with Crippen molar-refractivity contribution in [1.29, 1.82) is 0 Å². The van der Waals surface area contributed by atoms with Crippen LogP contribution in [-0.2, 0) is 0 Å². The van der Waals surface area contributed by atoms with Crippen LogP contribution in [0.15, 0.2) is 42.5 Å². The number of halogens is 1. The Morgan fingerprint density at radius 1 is 1.00 bits per heavy atom. The van der Waals surface area contributed by atoms with Crippen molar-refractivity contribution in [2.45, 2.75) is 6.29 Å². The lowest BCUT2D eigenvalue weighted by Crippen LogP contribution is -2.07. The molecule has 0 fully saturated rings. The van der Waals surface area contributed by atoms with Crippen LogP contribution in [0.4, 0.5) is 0 Å². The van der Waals surface area contributed by atoms with E-state index < -0.39 is 0 Å². The van der Waals surface area contributed by atoms with Gasteiger partial charge in [0.05, 0.1) is 0 Å². The molecule has 79 valence electrons. The van der Waals surface area contributed by atoms with Gasteiger partial charge in [0.1, 0.15) is 0 Å². The Labute approximate surface area is 98.4 Å². The van der Waals surface area contributed by atoms with Gasteiger partial charge in [-0.3, -0.25) is 0 Å². The fraction of sp³-hybridized carbons (Fsp3) is 0.0769. The molecule has 2 aromatic carbocycles. The average Bonchev–Trinajstić information content (AvgIpc) is 2.73. The van der Waals surface area contributed by atoms with E-state index in [1.165, 1.54) is 0 Å². The molecule has 0 aliphatic carbocycles. The van der Waals surface area contributed by atoms with E-state index in [0.717, 1.165) is 17.1 Å². The van der Waals surface area contributed by atoms with Crippen LogP contribution < -0.4 is 9.47 Å². The molecule has 1 aliphatic rings. The highest BCUT2D eigenvalue weighted by Gasteiger charge is 2.24. The molecule has 1 radical (unpaired) electrons. The molecule has 0 saturated heterocycles. The third kappa shape index (κ3) is 1.61. The van der Waals surface area contributed by atoms with Gasteiger partial charge in [-0.25, -0.2) is 0 Å². The molecule has 1 aliphatic heterocycles. The highest BCUT2D eigenvalue weighted by molar-refractivity contribution is 6.30. The van der Waals surface area contributed by atoms with Gasteiger partial charge in [0, 0.05) is 10.6 Å². The lowest BCUT2D eigenvalue weighted by atomic mass is 10.2. The van der Waals surface area contributed by atoms with E-state index in [1.54, 1.807) is 12.1 Å². The van der Waals surface area contributed by atoms with Crippen LogP contribution in [-0.4, -0.2) is 0 Å². The highest BCUT2D eigenvalue weighted by atomic mass is 35.5. The summed E-state index contributed by atoms with van der Waals surface area (Å²) in [6.07, 6.45) is -0.386. The summed E-state index contributed by atoms with van der Waals surface area (Å²) in [7, 11) is 0. The van der Waals surface area contributed by atoms with Gasteiger partial charge in [-0.2, -0.15) is 0 Å². The molecule has 0 saturated carbocycles. The minimum absolute atomic E-state index is 0.386. The maximum atomic E-state index is 5.82. The molecule has 0 spiro atoms. The molecule has 3 heteroatoms. The van der Waals surface area contributed by atoms with Crippen LogP contribution in [0, 0.1) is 6.07 Å². The van der Waals surface area contributed by atoms with Gasteiger partial charge < -0.3 is 9.47 Å². The summed E-state index contributed by atoms with van der Waals surface area (Å²) in [5.41, 5.74) is 0.945. The molecule has 2 aromatic rings. The van der Waals surface area contributed by atoms with Crippen molar-refractivity contribution in [2.24, 2.45) is 0 Å². The number of rotatable bonds is 1. The number of fused-ring (bicyclic) bond motifs is 1.